The maximum absolute atomic E-state index is 14.0. The van der Waals surface area contributed by atoms with E-state index < -0.39 is 16.7 Å². The van der Waals surface area contributed by atoms with E-state index in [9.17, 15) is 14.4 Å². The van der Waals surface area contributed by atoms with Crippen molar-refractivity contribution in [1.82, 2.24) is 10.3 Å². The largest absolute Gasteiger partial charge is 0.489 e. The Balaban J connectivity index is 1.81. The van der Waals surface area contributed by atoms with Gasteiger partial charge in [0.1, 0.15) is 12.4 Å². The predicted octanol–water partition coefficient (Wildman–Crippen LogP) is 3.61. The standard InChI is InChI=1S/C23H21ClN4O4S/c1-4-12-32-19-11-6-5-8-16(19)13-27-20-17(9-7-10-18(20)24)23(21(27)31)28(15(3)30)26-22(33-23)25-14(2)29/h4-11H,1,12-13H2,2-3H3,(H,25,26,29)/t23-/m0/s1. The lowest BCUT2D eigenvalue weighted by molar-refractivity contribution is -0.139. The van der Waals surface area contributed by atoms with Crippen LogP contribution in [0.5, 0.6) is 5.75 Å². The molecule has 0 fully saturated rings. The van der Waals surface area contributed by atoms with Gasteiger partial charge in [0, 0.05) is 25.0 Å². The molecule has 1 N–H and O–H groups in total. The molecule has 1 spiro atoms. The highest BCUT2D eigenvalue weighted by Crippen LogP contribution is 2.56. The number of nitrogens with one attached hydrogen (secondary N) is 1. The van der Waals surface area contributed by atoms with Crippen LogP contribution in [0.3, 0.4) is 0 Å². The van der Waals surface area contributed by atoms with E-state index in [2.05, 4.69) is 17.0 Å². The number of thioether (sulfide) groups is 1. The highest BCUT2D eigenvalue weighted by atomic mass is 35.5. The van der Waals surface area contributed by atoms with Crippen LogP contribution in [-0.4, -0.2) is 34.5 Å². The monoisotopic (exact) mass is 484 g/mol. The van der Waals surface area contributed by atoms with Gasteiger partial charge in [-0.25, -0.2) is 0 Å². The molecule has 2 heterocycles. The molecular weight excluding hydrogens is 464 g/mol. The fourth-order valence-electron chi connectivity index (χ4n) is 3.87. The number of halogens is 1. The second-order valence-corrected chi connectivity index (χ2v) is 8.99. The molecule has 0 aromatic heterocycles. The number of anilines is 1. The normalized spacial score (nSPS) is 18.9. The molecule has 0 saturated carbocycles. The number of hydrogen-bond acceptors (Lipinski definition) is 6. The van der Waals surface area contributed by atoms with Gasteiger partial charge < -0.3 is 15.0 Å². The molecule has 33 heavy (non-hydrogen) atoms. The van der Waals surface area contributed by atoms with Gasteiger partial charge in [-0.2, -0.15) is 5.01 Å². The molecule has 2 aliphatic heterocycles. The Morgan fingerprint density at radius 2 is 2.00 bits per heavy atom. The fraction of sp³-hybridized carbons (Fsp3) is 0.217. The topological polar surface area (TPSA) is 91.3 Å². The van der Waals surface area contributed by atoms with E-state index in [1.807, 2.05) is 24.3 Å². The van der Waals surface area contributed by atoms with Gasteiger partial charge in [-0.1, -0.05) is 54.6 Å². The molecule has 170 valence electrons. The summed E-state index contributed by atoms with van der Waals surface area (Å²) in [5, 5.41) is 8.47. The van der Waals surface area contributed by atoms with E-state index in [1.165, 1.54) is 18.7 Å². The Morgan fingerprint density at radius 3 is 2.70 bits per heavy atom. The van der Waals surface area contributed by atoms with Crippen LogP contribution >= 0.6 is 23.4 Å². The summed E-state index contributed by atoms with van der Waals surface area (Å²) in [4.78, 5) is 38.3. The van der Waals surface area contributed by atoms with E-state index in [1.54, 1.807) is 24.3 Å². The molecule has 4 rings (SSSR count). The first-order valence-electron chi connectivity index (χ1n) is 10.1. The van der Waals surface area contributed by atoms with Gasteiger partial charge in [0.25, 0.3) is 5.91 Å². The van der Waals surface area contributed by atoms with Gasteiger partial charge in [-0.15, -0.1) is 5.10 Å². The maximum atomic E-state index is 14.0. The Labute approximate surface area is 200 Å². The number of amides is 3. The van der Waals surface area contributed by atoms with Crippen molar-refractivity contribution < 1.29 is 19.1 Å². The molecule has 0 saturated heterocycles. The highest BCUT2D eigenvalue weighted by Gasteiger charge is 2.61. The van der Waals surface area contributed by atoms with Crippen molar-refractivity contribution in [2.45, 2.75) is 25.3 Å². The Bertz CT molecular complexity index is 1200. The number of fused-ring (bicyclic) bond motifs is 2. The van der Waals surface area contributed by atoms with Crippen LogP contribution < -0.4 is 15.0 Å². The smallest absolute Gasteiger partial charge is 0.271 e. The number of benzene rings is 2. The number of carbonyl (C=O) groups is 3. The number of hydrogen-bond donors (Lipinski definition) is 1. The molecule has 10 heteroatoms. The zero-order chi connectivity index (χ0) is 23.8. The summed E-state index contributed by atoms with van der Waals surface area (Å²) in [6.07, 6.45) is 1.64. The minimum atomic E-state index is -1.51. The van der Waals surface area contributed by atoms with Crippen molar-refractivity contribution >= 4 is 51.9 Å². The van der Waals surface area contributed by atoms with E-state index in [4.69, 9.17) is 16.3 Å². The lowest BCUT2D eigenvalue weighted by atomic mass is 10.1. The lowest BCUT2D eigenvalue weighted by Crippen LogP contribution is -2.48. The highest BCUT2D eigenvalue weighted by molar-refractivity contribution is 8.15. The zero-order valence-electron chi connectivity index (χ0n) is 18.0. The van der Waals surface area contributed by atoms with Crippen molar-refractivity contribution in [2.75, 3.05) is 11.5 Å². The van der Waals surface area contributed by atoms with E-state index in [0.717, 1.165) is 22.3 Å². The van der Waals surface area contributed by atoms with Gasteiger partial charge in [-0.3, -0.25) is 14.4 Å². The van der Waals surface area contributed by atoms with Crippen molar-refractivity contribution in [3.63, 3.8) is 0 Å². The van der Waals surface area contributed by atoms with Crippen LogP contribution in [0.1, 0.15) is 25.0 Å². The summed E-state index contributed by atoms with van der Waals surface area (Å²) in [7, 11) is 0. The predicted molar refractivity (Wildman–Crippen MR) is 128 cm³/mol. The summed E-state index contributed by atoms with van der Waals surface area (Å²) in [5.41, 5.74) is 1.77. The number of nitrogens with zero attached hydrogens (tertiary/aromatic N) is 3. The number of ether oxygens (including phenoxy) is 1. The van der Waals surface area contributed by atoms with Crippen LogP contribution in [-0.2, 0) is 25.8 Å². The molecule has 2 aromatic rings. The summed E-state index contributed by atoms with van der Waals surface area (Å²) >= 11 is 7.58. The van der Waals surface area contributed by atoms with Crippen LogP contribution in [0.25, 0.3) is 0 Å². The second kappa shape index (κ2) is 8.92. The van der Waals surface area contributed by atoms with Gasteiger partial charge in [0.2, 0.25) is 16.7 Å². The van der Waals surface area contributed by atoms with Crippen LogP contribution in [0, 0.1) is 0 Å². The molecular formula is C23H21ClN4O4S. The first-order valence-corrected chi connectivity index (χ1v) is 11.3. The number of amidine groups is 1. The van der Waals surface area contributed by atoms with Gasteiger partial charge in [0.15, 0.2) is 5.17 Å². The maximum Gasteiger partial charge on any atom is 0.271 e. The molecule has 0 bridgehead atoms. The quantitative estimate of drug-likeness (QED) is 0.655. The Kier molecular flexibility index (Phi) is 6.18. The van der Waals surface area contributed by atoms with Gasteiger partial charge >= 0.3 is 0 Å². The zero-order valence-corrected chi connectivity index (χ0v) is 19.6. The lowest BCUT2D eigenvalue weighted by Gasteiger charge is -2.29. The van der Waals surface area contributed by atoms with E-state index in [-0.39, 0.29) is 17.6 Å². The summed E-state index contributed by atoms with van der Waals surface area (Å²) in [6.45, 7) is 6.80. The molecule has 2 aliphatic rings. The van der Waals surface area contributed by atoms with Crippen LogP contribution in [0.2, 0.25) is 5.02 Å². The molecule has 3 amide bonds. The molecule has 8 nitrogen and oxygen atoms in total. The third-order valence-corrected chi connectivity index (χ3v) is 6.67. The van der Waals surface area contributed by atoms with Crippen molar-refractivity contribution in [3.05, 3.63) is 71.3 Å². The Hall–Kier alpha value is -3.30. The number of para-hydroxylation sites is 2. The minimum Gasteiger partial charge on any atom is -0.489 e. The van der Waals surface area contributed by atoms with Crippen LogP contribution in [0.15, 0.2) is 60.2 Å². The number of carbonyl (C=O) groups excluding carboxylic acids is 3. The van der Waals surface area contributed by atoms with Crippen LogP contribution in [0.4, 0.5) is 5.69 Å². The van der Waals surface area contributed by atoms with Crippen molar-refractivity contribution in [1.29, 1.82) is 0 Å². The molecule has 0 unspecified atom stereocenters. The van der Waals surface area contributed by atoms with Gasteiger partial charge in [-0.05, 0) is 23.9 Å². The van der Waals surface area contributed by atoms with Crippen molar-refractivity contribution in [2.24, 2.45) is 5.10 Å². The molecule has 1 atom stereocenters. The first-order chi connectivity index (χ1) is 15.8. The number of hydrazone groups is 1. The van der Waals surface area contributed by atoms with E-state index >= 15 is 0 Å². The first kappa shape index (κ1) is 22.9. The van der Waals surface area contributed by atoms with E-state index in [0.29, 0.717) is 28.6 Å². The summed E-state index contributed by atoms with van der Waals surface area (Å²) in [5.74, 6) is -0.590. The average Bonchev–Trinajstić information content (AvgIpc) is 3.26. The Morgan fingerprint density at radius 1 is 1.24 bits per heavy atom. The SMILES string of the molecule is C=CCOc1ccccc1CN1C(=O)[C@@]2(SC(NC(C)=O)=NN2C(C)=O)c2cccc(Cl)c21. The summed E-state index contributed by atoms with van der Waals surface area (Å²) < 4.78 is 5.76. The molecule has 0 aliphatic carbocycles. The van der Waals surface area contributed by atoms with Crippen molar-refractivity contribution in [3.8, 4) is 5.75 Å². The van der Waals surface area contributed by atoms with Gasteiger partial charge in [0.05, 0.1) is 17.3 Å². The molecule has 0 radical (unpaired) electrons. The minimum absolute atomic E-state index is 0.159. The number of rotatable bonds is 5. The average molecular weight is 485 g/mol. The third kappa shape index (κ3) is 3.87. The second-order valence-electron chi connectivity index (χ2n) is 7.40. The third-order valence-electron chi connectivity index (χ3n) is 5.13. The fourth-order valence-corrected chi connectivity index (χ4v) is 5.47. The molecule has 2 aromatic carbocycles. The summed E-state index contributed by atoms with van der Waals surface area (Å²) in [6, 6.07) is 12.5.